The van der Waals surface area contributed by atoms with E-state index < -0.39 is 0 Å². The van der Waals surface area contributed by atoms with E-state index in [9.17, 15) is 9.59 Å². The van der Waals surface area contributed by atoms with Crippen molar-refractivity contribution >= 4 is 28.3 Å². The molecule has 0 aromatic carbocycles. The lowest BCUT2D eigenvalue weighted by molar-refractivity contribution is -0.115. The molecule has 0 saturated heterocycles. The minimum Gasteiger partial charge on any atom is -0.464 e. The molecule has 1 atom stereocenters. The van der Waals surface area contributed by atoms with Gasteiger partial charge in [-0.25, -0.2) is 4.98 Å². The molecular formula is C23H23N3O3. The van der Waals surface area contributed by atoms with Crippen molar-refractivity contribution < 1.29 is 14.0 Å². The number of ketones is 1. The van der Waals surface area contributed by atoms with Crippen LogP contribution in [0, 0.1) is 5.92 Å². The summed E-state index contributed by atoms with van der Waals surface area (Å²) in [6, 6.07) is 3.72. The maximum Gasteiger partial charge on any atom is 0.253 e. The topological polar surface area (TPSA) is 88.0 Å². The highest BCUT2D eigenvalue weighted by Crippen LogP contribution is 2.40. The quantitative estimate of drug-likeness (QED) is 0.607. The van der Waals surface area contributed by atoms with Gasteiger partial charge in [0.15, 0.2) is 5.78 Å². The molecular weight excluding hydrogens is 366 g/mol. The second-order valence-corrected chi connectivity index (χ2v) is 7.28. The Hall–Kier alpha value is -3.41. The van der Waals surface area contributed by atoms with Gasteiger partial charge in [-0.05, 0) is 49.0 Å². The predicted octanol–water partition coefficient (Wildman–Crippen LogP) is 4.51. The highest BCUT2D eigenvalue weighted by atomic mass is 16.3. The average molecular weight is 389 g/mol. The molecule has 2 N–H and O–H groups in total. The zero-order valence-corrected chi connectivity index (χ0v) is 16.3. The molecule has 0 bridgehead atoms. The van der Waals surface area contributed by atoms with Gasteiger partial charge < -0.3 is 14.7 Å². The molecule has 1 unspecified atom stereocenters. The lowest BCUT2D eigenvalue weighted by Gasteiger charge is -2.24. The van der Waals surface area contributed by atoms with Crippen LogP contribution in [-0.2, 0) is 4.79 Å². The van der Waals surface area contributed by atoms with Crippen molar-refractivity contribution in [2.75, 3.05) is 7.05 Å². The summed E-state index contributed by atoms with van der Waals surface area (Å²) >= 11 is 0. The Labute approximate surface area is 168 Å². The molecule has 3 aromatic heterocycles. The molecule has 1 aliphatic carbocycles. The summed E-state index contributed by atoms with van der Waals surface area (Å²) in [5.74, 6) is 0.808. The number of amides is 1. The van der Waals surface area contributed by atoms with Crippen molar-refractivity contribution in [2.45, 2.75) is 25.7 Å². The first-order valence-electron chi connectivity index (χ1n) is 9.73. The van der Waals surface area contributed by atoms with E-state index in [0.29, 0.717) is 23.4 Å². The third kappa shape index (κ3) is 3.53. The van der Waals surface area contributed by atoms with Crippen LogP contribution < -0.4 is 5.32 Å². The Balaban J connectivity index is 1.88. The monoisotopic (exact) mass is 389 g/mol. The van der Waals surface area contributed by atoms with Crippen molar-refractivity contribution in [1.82, 2.24) is 15.3 Å². The Morgan fingerprint density at radius 1 is 1.45 bits per heavy atom. The maximum atomic E-state index is 12.7. The zero-order chi connectivity index (χ0) is 20.4. The molecule has 0 aliphatic heterocycles. The number of nitrogens with one attached hydrogen (secondary N) is 2. The number of aromatic amines is 1. The summed E-state index contributed by atoms with van der Waals surface area (Å²) in [6.07, 6.45) is 11.7. The molecule has 0 fully saturated rings. The number of hydrogen-bond acceptors (Lipinski definition) is 4. The number of furan rings is 1. The van der Waals surface area contributed by atoms with Gasteiger partial charge >= 0.3 is 0 Å². The van der Waals surface area contributed by atoms with E-state index in [0.717, 1.165) is 41.3 Å². The smallest absolute Gasteiger partial charge is 0.253 e. The molecule has 3 aromatic rings. The zero-order valence-electron chi connectivity index (χ0n) is 16.3. The van der Waals surface area contributed by atoms with Gasteiger partial charge in [-0.1, -0.05) is 12.7 Å². The van der Waals surface area contributed by atoms with E-state index in [1.165, 1.54) is 6.08 Å². The fraction of sp³-hybridized carbons (Fsp3) is 0.261. The minimum absolute atomic E-state index is 0.0561. The molecule has 148 valence electrons. The summed E-state index contributed by atoms with van der Waals surface area (Å²) in [6.45, 7) is 3.59. The molecule has 0 saturated carbocycles. The molecule has 1 aliphatic rings. The van der Waals surface area contributed by atoms with Crippen LogP contribution in [0.5, 0.6) is 0 Å². The van der Waals surface area contributed by atoms with E-state index in [1.807, 2.05) is 18.3 Å². The first-order chi connectivity index (χ1) is 14.1. The number of pyridine rings is 1. The SMILES string of the molecule is C=CC(=O)CC1CCC=C(c2c(C(=O)NC)cnc3[nH]cc(-c4ccco4)c23)C1. The van der Waals surface area contributed by atoms with Crippen molar-refractivity contribution in [2.24, 2.45) is 5.92 Å². The third-order valence-electron chi connectivity index (χ3n) is 5.47. The Bertz CT molecular complexity index is 1110. The molecule has 3 heterocycles. The van der Waals surface area contributed by atoms with Crippen molar-refractivity contribution in [3.8, 4) is 11.3 Å². The van der Waals surface area contributed by atoms with Gasteiger partial charge in [0.2, 0.25) is 0 Å². The molecule has 6 heteroatoms. The Kier molecular flexibility index (Phi) is 5.16. The van der Waals surface area contributed by atoms with Gasteiger partial charge in [0.25, 0.3) is 5.91 Å². The highest BCUT2D eigenvalue weighted by Gasteiger charge is 2.26. The summed E-state index contributed by atoms with van der Waals surface area (Å²) in [5, 5.41) is 3.58. The largest absolute Gasteiger partial charge is 0.464 e. The second-order valence-electron chi connectivity index (χ2n) is 7.28. The standard InChI is InChI=1S/C23H23N3O3/c1-3-16(27)11-14-6-4-7-15(10-14)20-18(23(28)24-2)13-26-22-21(20)17(12-25-22)19-8-5-9-29-19/h3,5,7-9,12-14H,1,4,6,10-11H2,2H3,(H,24,28)(H,25,26). The lowest BCUT2D eigenvalue weighted by atomic mass is 9.81. The molecule has 1 amide bonds. The first-order valence-corrected chi connectivity index (χ1v) is 9.73. The normalized spacial score (nSPS) is 16.4. The van der Waals surface area contributed by atoms with Crippen LogP contribution in [0.3, 0.4) is 0 Å². The number of rotatable bonds is 6. The van der Waals surface area contributed by atoms with E-state index in [-0.39, 0.29) is 17.6 Å². The van der Waals surface area contributed by atoms with Gasteiger partial charge in [-0.15, -0.1) is 0 Å². The van der Waals surface area contributed by atoms with Gasteiger partial charge in [0, 0.05) is 42.4 Å². The van der Waals surface area contributed by atoms with Gasteiger partial charge in [-0.2, -0.15) is 0 Å². The van der Waals surface area contributed by atoms with Gasteiger partial charge in [0.1, 0.15) is 11.4 Å². The number of hydrogen-bond donors (Lipinski definition) is 2. The second kappa shape index (κ2) is 7.91. The van der Waals surface area contributed by atoms with Gasteiger partial charge in [0.05, 0.1) is 11.8 Å². The molecule has 0 spiro atoms. The molecule has 6 nitrogen and oxygen atoms in total. The molecule has 29 heavy (non-hydrogen) atoms. The van der Waals surface area contributed by atoms with Gasteiger partial charge in [-0.3, -0.25) is 9.59 Å². The van der Waals surface area contributed by atoms with Crippen LogP contribution in [0.4, 0.5) is 0 Å². The summed E-state index contributed by atoms with van der Waals surface area (Å²) in [4.78, 5) is 32.2. The first kappa shape index (κ1) is 18.9. The fourth-order valence-electron chi connectivity index (χ4n) is 4.10. The van der Waals surface area contributed by atoms with Crippen molar-refractivity contribution in [1.29, 1.82) is 0 Å². The Morgan fingerprint density at radius 3 is 3.03 bits per heavy atom. The number of allylic oxidation sites excluding steroid dienone is 3. The number of carbonyl (C=O) groups is 2. The summed E-state index contributed by atoms with van der Waals surface area (Å²) < 4.78 is 5.62. The fourth-order valence-corrected chi connectivity index (χ4v) is 4.10. The van der Waals surface area contributed by atoms with Crippen LogP contribution >= 0.6 is 0 Å². The Morgan fingerprint density at radius 2 is 2.31 bits per heavy atom. The third-order valence-corrected chi connectivity index (χ3v) is 5.47. The van der Waals surface area contributed by atoms with Crippen LogP contribution in [-0.4, -0.2) is 28.7 Å². The maximum absolute atomic E-state index is 12.7. The van der Waals surface area contributed by atoms with E-state index in [2.05, 4.69) is 27.9 Å². The van der Waals surface area contributed by atoms with E-state index >= 15 is 0 Å². The van der Waals surface area contributed by atoms with Crippen LogP contribution in [0.15, 0.2) is 53.9 Å². The number of H-pyrrole nitrogens is 1. The number of fused-ring (bicyclic) bond motifs is 1. The average Bonchev–Trinajstić information content (AvgIpc) is 3.42. The van der Waals surface area contributed by atoms with E-state index in [1.54, 1.807) is 19.5 Å². The highest BCUT2D eigenvalue weighted by molar-refractivity contribution is 6.09. The minimum atomic E-state index is -0.189. The predicted molar refractivity (Wildman–Crippen MR) is 112 cm³/mol. The lowest BCUT2D eigenvalue weighted by Crippen LogP contribution is -2.21. The van der Waals surface area contributed by atoms with Crippen molar-refractivity contribution in [3.63, 3.8) is 0 Å². The summed E-state index contributed by atoms with van der Waals surface area (Å²) in [5.41, 5.74) is 4.01. The number of nitrogens with zero attached hydrogens (tertiary/aromatic N) is 1. The van der Waals surface area contributed by atoms with Crippen LogP contribution in [0.1, 0.15) is 41.6 Å². The number of aromatic nitrogens is 2. The van der Waals surface area contributed by atoms with Crippen LogP contribution in [0.25, 0.3) is 27.9 Å². The van der Waals surface area contributed by atoms with E-state index in [4.69, 9.17) is 4.42 Å². The van der Waals surface area contributed by atoms with Crippen LogP contribution in [0.2, 0.25) is 0 Å². The van der Waals surface area contributed by atoms with Crippen molar-refractivity contribution in [3.05, 3.63) is 60.6 Å². The number of carbonyl (C=O) groups excluding carboxylic acids is 2. The molecule has 4 rings (SSSR count). The summed E-state index contributed by atoms with van der Waals surface area (Å²) in [7, 11) is 1.61. The molecule has 0 radical (unpaired) electrons.